The molecule has 0 aliphatic carbocycles. The number of aryl methyl sites for hydroxylation is 1. The molecule has 2 rings (SSSR count). The lowest BCUT2D eigenvalue weighted by atomic mass is 10.1. The van der Waals surface area contributed by atoms with Gasteiger partial charge in [-0.1, -0.05) is 11.2 Å². The summed E-state index contributed by atoms with van der Waals surface area (Å²) in [5.41, 5.74) is 7.72. The van der Waals surface area contributed by atoms with E-state index in [0.29, 0.717) is 11.7 Å². The van der Waals surface area contributed by atoms with E-state index in [0.717, 1.165) is 10.0 Å². The molecule has 0 amide bonds. The molecule has 1 atom stereocenters. The van der Waals surface area contributed by atoms with E-state index in [1.807, 2.05) is 32.0 Å². The van der Waals surface area contributed by atoms with E-state index in [-0.39, 0.29) is 6.04 Å². The Labute approximate surface area is 102 Å². The largest absolute Gasteiger partial charge is 0.334 e. The molecule has 0 saturated carbocycles. The predicted octanol–water partition coefficient (Wildman–Crippen LogP) is 2.83. The van der Waals surface area contributed by atoms with Gasteiger partial charge in [0, 0.05) is 4.47 Å². The summed E-state index contributed by atoms with van der Waals surface area (Å²) < 4.78 is 6.10. The van der Waals surface area contributed by atoms with Gasteiger partial charge in [0.05, 0.1) is 11.6 Å². The first-order valence-electron chi connectivity index (χ1n) is 4.93. The van der Waals surface area contributed by atoms with Gasteiger partial charge in [-0.25, -0.2) is 0 Å². The summed E-state index contributed by atoms with van der Waals surface area (Å²) in [5.74, 6) is 1.00. The Bertz CT molecular complexity index is 508. The second-order valence-corrected chi connectivity index (χ2v) is 4.58. The average Bonchev–Trinajstić information content (AvgIpc) is 2.66. The molecule has 84 valence electrons. The van der Waals surface area contributed by atoms with Crippen molar-refractivity contribution >= 4 is 15.9 Å². The van der Waals surface area contributed by atoms with Gasteiger partial charge in [-0.3, -0.25) is 0 Å². The Hall–Kier alpha value is -1.20. The fourth-order valence-electron chi connectivity index (χ4n) is 1.32. The third-order valence-corrected chi connectivity index (χ3v) is 2.86. The van der Waals surface area contributed by atoms with Gasteiger partial charge in [-0.2, -0.15) is 4.98 Å². The van der Waals surface area contributed by atoms with Crippen LogP contribution in [0, 0.1) is 6.92 Å². The maximum atomic E-state index is 5.67. The highest BCUT2D eigenvalue weighted by Gasteiger charge is 2.13. The van der Waals surface area contributed by atoms with Crippen LogP contribution in [-0.4, -0.2) is 10.1 Å². The predicted molar refractivity (Wildman–Crippen MR) is 64.8 cm³/mol. The first kappa shape index (κ1) is 11.3. The van der Waals surface area contributed by atoms with Crippen molar-refractivity contribution in [1.29, 1.82) is 0 Å². The molecule has 5 heteroatoms. The molecule has 1 heterocycles. The fraction of sp³-hybridized carbons (Fsp3) is 0.273. The summed E-state index contributed by atoms with van der Waals surface area (Å²) >= 11 is 3.47. The molecule has 1 unspecified atom stereocenters. The van der Waals surface area contributed by atoms with Gasteiger partial charge in [-0.15, -0.1) is 0 Å². The highest BCUT2D eigenvalue weighted by Crippen LogP contribution is 2.28. The van der Waals surface area contributed by atoms with Crippen LogP contribution in [0.15, 0.2) is 27.2 Å². The van der Waals surface area contributed by atoms with Crippen molar-refractivity contribution in [2.45, 2.75) is 19.9 Å². The second kappa shape index (κ2) is 4.35. The van der Waals surface area contributed by atoms with Crippen LogP contribution in [0.1, 0.15) is 24.4 Å². The van der Waals surface area contributed by atoms with Crippen LogP contribution in [0.4, 0.5) is 0 Å². The Kier molecular flexibility index (Phi) is 3.07. The number of hydrogen-bond donors (Lipinski definition) is 1. The van der Waals surface area contributed by atoms with Gasteiger partial charge in [0.2, 0.25) is 0 Å². The standard InChI is InChI=1S/C11H12BrN3O/c1-6-3-4-8(9(12)5-6)11-14-10(7(2)13)15-16-11/h3-5,7H,13H2,1-2H3. The molecule has 0 bridgehead atoms. The van der Waals surface area contributed by atoms with Crippen molar-refractivity contribution in [3.8, 4) is 11.5 Å². The number of benzene rings is 1. The van der Waals surface area contributed by atoms with Crippen molar-refractivity contribution < 1.29 is 4.52 Å². The number of hydrogen-bond acceptors (Lipinski definition) is 4. The Balaban J connectivity index is 2.42. The summed E-state index contributed by atoms with van der Waals surface area (Å²) in [5, 5.41) is 3.82. The minimum Gasteiger partial charge on any atom is -0.334 e. The normalized spacial score (nSPS) is 12.8. The first-order valence-corrected chi connectivity index (χ1v) is 5.73. The summed E-state index contributed by atoms with van der Waals surface area (Å²) in [4.78, 5) is 4.24. The third-order valence-electron chi connectivity index (χ3n) is 2.20. The van der Waals surface area contributed by atoms with Crippen molar-refractivity contribution in [3.05, 3.63) is 34.1 Å². The van der Waals surface area contributed by atoms with Crippen molar-refractivity contribution in [3.63, 3.8) is 0 Å². The molecule has 4 nitrogen and oxygen atoms in total. The lowest BCUT2D eigenvalue weighted by molar-refractivity contribution is 0.418. The van der Waals surface area contributed by atoms with E-state index in [1.165, 1.54) is 5.56 Å². The zero-order valence-corrected chi connectivity index (χ0v) is 10.7. The maximum absolute atomic E-state index is 5.67. The molecular formula is C11H12BrN3O. The van der Waals surface area contributed by atoms with E-state index in [2.05, 4.69) is 26.1 Å². The average molecular weight is 282 g/mol. The molecule has 0 aliphatic heterocycles. The molecule has 1 aromatic heterocycles. The number of aromatic nitrogens is 2. The van der Waals surface area contributed by atoms with E-state index >= 15 is 0 Å². The minimum absolute atomic E-state index is 0.221. The van der Waals surface area contributed by atoms with Crippen LogP contribution in [0.5, 0.6) is 0 Å². The first-order chi connectivity index (χ1) is 7.58. The highest BCUT2D eigenvalue weighted by molar-refractivity contribution is 9.10. The number of rotatable bonds is 2. The van der Waals surface area contributed by atoms with Crippen LogP contribution in [-0.2, 0) is 0 Å². The summed E-state index contributed by atoms with van der Waals surface area (Å²) in [6.45, 7) is 3.84. The Morgan fingerprint density at radius 3 is 2.75 bits per heavy atom. The molecule has 0 saturated heterocycles. The van der Waals surface area contributed by atoms with Gasteiger partial charge in [0.1, 0.15) is 0 Å². The summed E-state index contributed by atoms with van der Waals surface area (Å²) in [6.07, 6.45) is 0. The molecule has 2 N–H and O–H groups in total. The molecule has 16 heavy (non-hydrogen) atoms. The van der Waals surface area contributed by atoms with Crippen molar-refractivity contribution in [2.75, 3.05) is 0 Å². The smallest absolute Gasteiger partial charge is 0.259 e. The molecule has 2 aromatic rings. The molecular weight excluding hydrogens is 270 g/mol. The highest BCUT2D eigenvalue weighted by atomic mass is 79.9. The summed E-state index contributed by atoms with van der Waals surface area (Å²) in [6, 6.07) is 5.72. The van der Waals surface area contributed by atoms with Crippen LogP contribution >= 0.6 is 15.9 Å². The van der Waals surface area contributed by atoms with E-state index in [4.69, 9.17) is 10.3 Å². The van der Waals surface area contributed by atoms with Crippen LogP contribution in [0.3, 0.4) is 0 Å². The Morgan fingerprint density at radius 1 is 1.44 bits per heavy atom. The van der Waals surface area contributed by atoms with Crippen LogP contribution in [0.2, 0.25) is 0 Å². The quantitative estimate of drug-likeness (QED) is 0.919. The van der Waals surface area contributed by atoms with Crippen molar-refractivity contribution in [1.82, 2.24) is 10.1 Å². The third kappa shape index (κ3) is 2.15. The van der Waals surface area contributed by atoms with Crippen LogP contribution in [0.25, 0.3) is 11.5 Å². The minimum atomic E-state index is -0.221. The zero-order chi connectivity index (χ0) is 11.7. The van der Waals surface area contributed by atoms with E-state index in [1.54, 1.807) is 0 Å². The lowest BCUT2D eigenvalue weighted by Gasteiger charge is -1.99. The maximum Gasteiger partial charge on any atom is 0.259 e. The molecule has 0 radical (unpaired) electrons. The molecule has 1 aromatic carbocycles. The van der Waals surface area contributed by atoms with Gasteiger partial charge in [0.15, 0.2) is 5.82 Å². The lowest BCUT2D eigenvalue weighted by Crippen LogP contribution is -2.06. The molecule has 0 fully saturated rings. The second-order valence-electron chi connectivity index (χ2n) is 3.73. The Morgan fingerprint density at radius 2 is 2.19 bits per heavy atom. The topological polar surface area (TPSA) is 64.9 Å². The van der Waals surface area contributed by atoms with E-state index < -0.39 is 0 Å². The van der Waals surface area contributed by atoms with Crippen LogP contribution < -0.4 is 5.73 Å². The van der Waals surface area contributed by atoms with Gasteiger partial charge in [-0.05, 0) is 47.5 Å². The van der Waals surface area contributed by atoms with Gasteiger partial charge < -0.3 is 10.3 Å². The molecule has 0 aliphatic rings. The number of halogens is 1. The number of nitrogens with two attached hydrogens (primary N) is 1. The van der Waals surface area contributed by atoms with E-state index in [9.17, 15) is 0 Å². The summed E-state index contributed by atoms with van der Waals surface area (Å²) in [7, 11) is 0. The van der Waals surface area contributed by atoms with Crippen molar-refractivity contribution in [2.24, 2.45) is 5.73 Å². The monoisotopic (exact) mass is 281 g/mol. The number of nitrogens with zero attached hydrogens (tertiary/aromatic N) is 2. The SMILES string of the molecule is Cc1ccc(-c2nc(C(C)N)no2)c(Br)c1. The molecule has 0 spiro atoms. The zero-order valence-electron chi connectivity index (χ0n) is 9.07. The van der Waals surface area contributed by atoms with Gasteiger partial charge in [0.25, 0.3) is 5.89 Å². The fourth-order valence-corrected chi connectivity index (χ4v) is 1.99. The van der Waals surface area contributed by atoms with Gasteiger partial charge >= 0.3 is 0 Å².